The van der Waals surface area contributed by atoms with Crippen molar-refractivity contribution in [3.8, 4) is 0 Å². The van der Waals surface area contributed by atoms with Crippen LogP contribution in [0.15, 0.2) is 18.2 Å². The molecular formula is C13H17N3O2. The van der Waals surface area contributed by atoms with E-state index in [-0.39, 0.29) is 18.4 Å². The van der Waals surface area contributed by atoms with Crippen molar-refractivity contribution < 1.29 is 9.59 Å². The molecule has 5 heteroatoms. The fourth-order valence-electron chi connectivity index (χ4n) is 2.12. The average molecular weight is 247 g/mol. The maximum absolute atomic E-state index is 12.4. The van der Waals surface area contributed by atoms with Crippen molar-refractivity contribution in [1.29, 1.82) is 0 Å². The zero-order valence-corrected chi connectivity index (χ0v) is 10.4. The highest BCUT2D eigenvalue weighted by Crippen LogP contribution is 2.19. The number of nitrogens with one attached hydrogen (secondary N) is 1. The van der Waals surface area contributed by atoms with Crippen molar-refractivity contribution in [3.05, 3.63) is 29.3 Å². The maximum Gasteiger partial charge on any atom is 0.256 e. The van der Waals surface area contributed by atoms with E-state index in [9.17, 15) is 9.59 Å². The largest absolute Gasteiger partial charge is 0.398 e. The molecule has 0 bridgehead atoms. The molecule has 0 aromatic heterocycles. The first-order valence-corrected chi connectivity index (χ1v) is 6.00. The quantitative estimate of drug-likeness (QED) is 0.711. The Morgan fingerprint density at radius 3 is 2.94 bits per heavy atom. The molecule has 2 amide bonds. The number of amides is 2. The molecule has 1 aliphatic rings. The van der Waals surface area contributed by atoms with Crippen LogP contribution < -0.4 is 11.1 Å². The van der Waals surface area contributed by atoms with Crippen LogP contribution in [0.3, 0.4) is 0 Å². The van der Waals surface area contributed by atoms with Gasteiger partial charge < -0.3 is 16.0 Å². The number of nitrogen functional groups attached to an aromatic ring is 1. The van der Waals surface area contributed by atoms with E-state index >= 15 is 0 Å². The van der Waals surface area contributed by atoms with Crippen LogP contribution in [0.2, 0.25) is 0 Å². The molecule has 1 aromatic rings. The van der Waals surface area contributed by atoms with Crippen molar-refractivity contribution in [2.24, 2.45) is 0 Å². The summed E-state index contributed by atoms with van der Waals surface area (Å²) >= 11 is 0. The van der Waals surface area contributed by atoms with Crippen LogP contribution in [-0.4, -0.2) is 36.3 Å². The van der Waals surface area contributed by atoms with Gasteiger partial charge in [0.15, 0.2) is 0 Å². The van der Waals surface area contributed by atoms with E-state index in [2.05, 4.69) is 5.32 Å². The molecule has 96 valence electrons. The van der Waals surface area contributed by atoms with Gasteiger partial charge in [-0.3, -0.25) is 9.59 Å². The van der Waals surface area contributed by atoms with Gasteiger partial charge in [0.1, 0.15) is 0 Å². The zero-order chi connectivity index (χ0) is 13.1. The number of nitrogens with zero attached hydrogens (tertiary/aromatic N) is 1. The normalized spacial score (nSPS) is 16.1. The number of hydrogen-bond donors (Lipinski definition) is 2. The van der Waals surface area contributed by atoms with E-state index in [1.165, 1.54) is 0 Å². The van der Waals surface area contributed by atoms with Gasteiger partial charge in [-0.05, 0) is 25.0 Å². The Bertz CT molecular complexity index is 465. The molecule has 0 spiro atoms. The maximum atomic E-state index is 12.4. The van der Waals surface area contributed by atoms with Crippen molar-refractivity contribution in [1.82, 2.24) is 10.2 Å². The van der Waals surface area contributed by atoms with Crippen molar-refractivity contribution in [2.75, 3.05) is 25.4 Å². The van der Waals surface area contributed by atoms with Gasteiger partial charge in [-0.15, -0.1) is 0 Å². The molecular weight excluding hydrogens is 230 g/mol. The molecule has 1 heterocycles. The van der Waals surface area contributed by atoms with Gasteiger partial charge in [0, 0.05) is 18.8 Å². The third kappa shape index (κ3) is 2.45. The lowest BCUT2D eigenvalue weighted by Crippen LogP contribution is -2.38. The second kappa shape index (κ2) is 5.08. The standard InChI is InChI=1S/C13H17N3O2/c1-9-4-2-5-10(14)12(9)13(18)16-7-3-6-15-11(17)8-16/h2,4-5H,3,6-8,14H2,1H3,(H,15,17). The summed E-state index contributed by atoms with van der Waals surface area (Å²) in [5.74, 6) is -0.282. The number of benzene rings is 1. The molecule has 18 heavy (non-hydrogen) atoms. The first-order chi connectivity index (χ1) is 8.59. The van der Waals surface area contributed by atoms with Crippen LogP contribution in [0.1, 0.15) is 22.3 Å². The lowest BCUT2D eigenvalue weighted by Gasteiger charge is -2.21. The number of carbonyl (C=O) groups is 2. The van der Waals surface area contributed by atoms with Crippen molar-refractivity contribution in [2.45, 2.75) is 13.3 Å². The van der Waals surface area contributed by atoms with E-state index in [0.717, 1.165) is 12.0 Å². The summed E-state index contributed by atoms with van der Waals surface area (Å²) in [6.07, 6.45) is 0.767. The third-order valence-corrected chi connectivity index (χ3v) is 3.07. The first-order valence-electron chi connectivity index (χ1n) is 6.00. The molecule has 1 aromatic carbocycles. The summed E-state index contributed by atoms with van der Waals surface area (Å²) in [5, 5.41) is 2.75. The summed E-state index contributed by atoms with van der Waals surface area (Å²) in [5.41, 5.74) is 7.66. The highest BCUT2D eigenvalue weighted by molar-refractivity contribution is 6.02. The van der Waals surface area contributed by atoms with Gasteiger partial charge >= 0.3 is 0 Å². The minimum absolute atomic E-state index is 0.104. The Labute approximate surface area is 106 Å². The molecule has 0 unspecified atom stereocenters. The molecule has 3 N–H and O–H groups in total. The predicted molar refractivity (Wildman–Crippen MR) is 69.1 cm³/mol. The lowest BCUT2D eigenvalue weighted by atomic mass is 10.1. The van der Waals surface area contributed by atoms with Crippen LogP contribution in [-0.2, 0) is 4.79 Å². The Morgan fingerprint density at radius 1 is 1.44 bits per heavy atom. The monoisotopic (exact) mass is 247 g/mol. The minimum atomic E-state index is -0.164. The molecule has 0 aliphatic carbocycles. The number of carbonyl (C=O) groups excluding carboxylic acids is 2. The van der Waals surface area contributed by atoms with E-state index in [0.29, 0.717) is 24.3 Å². The van der Waals surface area contributed by atoms with Gasteiger partial charge in [0.25, 0.3) is 5.91 Å². The number of nitrogens with two attached hydrogens (primary N) is 1. The Morgan fingerprint density at radius 2 is 2.22 bits per heavy atom. The molecule has 0 radical (unpaired) electrons. The number of aryl methyl sites for hydroxylation is 1. The van der Waals surface area contributed by atoms with Crippen molar-refractivity contribution >= 4 is 17.5 Å². The molecule has 2 rings (SSSR count). The number of rotatable bonds is 1. The van der Waals surface area contributed by atoms with E-state index in [1.807, 2.05) is 19.1 Å². The second-order valence-corrected chi connectivity index (χ2v) is 4.47. The van der Waals surface area contributed by atoms with E-state index < -0.39 is 0 Å². The minimum Gasteiger partial charge on any atom is -0.398 e. The molecule has 1 fully saturated rings. The molecule has 0 saturated carbocycles. The summed E-state index contributed by atoms with van der Waals surface area (Å²) in [6.45, 7) is 3.14. The fourth-order valence-corrected chi connectivity index (χ4v) is 2.12. The highest BCUT2D eigenvalue weighted by Gasteiger charge is 2.23. The van der Waals surface area contributed by atoms with Gasteiger partial charge in [0.2, 0.25) is 5.91 Å². The van der Waals surface area contributed by atoms with Gasteiger partial charge in [0.05, 0.1) is 12.1 Å². The zero-order valence-electron chi connectivity index (χ0n) is 10.4. The molecule has 1 saturated heterocycles. The Hall–Kier alpha value is -2.04. The van der Waals surface area contributed by atoms with E-state index in [1.54, 1.807) is 11.0 Å². The Balaban J connectivity index is 2.27. The van der Waals surface area contributed by atoms with Gasteiger partial charge in [-0.25, -0.2) is 0 Å². The number of anilines is 1. The van der Waals surface area contributed by atoms with Crippen LogP contribution >= 0.6 is 0 Å². The van der Waals surface area contributed by atoms with Gasteiger partial charge in [-0.2, -0.15) is 0 Å². The van der Waals surface area contributed by atoms with Crippen LogP contribution in [0, 0.1) is 6.92 Å². The second-order valence-electron chi connectivity index (χ2n) is 4.47. The predicted octanol–water partition coefficient (Wildman–Crippen LogP) is 0.539. The lowest BCUT2D eigenvalue weighted by molar-refractivity contribution is -0.121. The van der Waals surface area contributed by atoms with Crippen molar-refractivity contribution in [3.63, 3.8) is 0 Å². The molecule has 5 nitrogen and oxygen atoms in total. The third-order valence-electron chi connectivity index (χ3n) is 3.07. The topological polar surface area (TPSA) is 75.4 Å². The molecule has 0 atom stereocenters. The average Bonchev–Trinajstić information content (AvgIpc) is 2.53. The van der Waals surface area contributed by atoms with Gasteiger partial charge in [-0.1, -0.05) is 12.1 Å². The van der Waals surface area contributed by atoms with E-state index in [4.69, 9.17) is 5.73 Å². The summed E-state index contributed by atoms with van der Waals surface area (Å²) < 4.78 is 0. The SMILES string of the molecule is Cc1cccc(N)c1C(=O)N1CCCNC(=O)C1. The smallest absolute Gasteiger partial charge is 0.256 e. The highest BCUT2D eigenvalue weighted by atomic mass is 16.2. The fraction of sp³-hybridized carbons (Fsp3) is 0.385. The summed E-state index contributed by atoms with van der Waals surface area (Å²) in [7, 11) is 0. The summed E-state index contributed by atoms with van der Waals surface area (Å²) in [6, 6.07) is 5.37. The molecule has 1 aliphatic heterocycles. The van der Waals surface area contributed by atoms with Crippen LogP contribution in [0.25, 0.3) is 0 Å². The Kier molecular flexibility index (Phi) is 3.50. The first kappa shape index (κ1) is 12.4. The van der Waals surface area contributed by atoms with Crippen LogP contribution in [0.5, 0.6) is 0 Å². The summed E-state index contributed by atoms with van der Waals surface area (Å²) in [4.78, 5) is 25.4. The van der Waals surface area contributed by atoms with Crippen LogP contribution in [0.4, 0.5) is 5.69 Å². The number of hydrogen-bond acceptors (Lipinski definition) is 3.